The van der Waals surface area contributed by atoms with Crippen molar-refractivity contribution in [3.8, 4) is 5.75 Å². The van der Waals surface area contributed by atoms with Crippen LogP contribution < -0.4 is 10.1 Å². The Hall–Kier alpha value is -2.32. The van der Waals surface area contributed by atoms with Gasteiger partial charge in [0.15, 0.2) is 0 Å². The number of rotatable bonds is 4. The maximum Gasteiger partial charge on any atom is 0.387 e. The number of nitrogens with one attached hydrogen (secondary N) is 1. The largest absolute Gasteiger partial charge is 0.481 e. The van der Waals surface area contributed by atoms with Gasteiger partial charge >= 0.3 is 12.6 Å². The maximum absolute atomic E-state index is 13.9. The number of ether oxygens (including phenoxy) is 1. The Labute approximate surface area is 115 Å². The number of benzene rings is 1. The zero-order valence-electron chi connectivity index (χ0n) is 10.3. The molecule has 1 aromatic carbocycles. The highest BCUT2D eigenvalue weighted by atomic mass is 19.3. The summed E-state index contributed by atoms with van der Waals surface area (Å²) in [4.78, 5) is 22.4. The second kappa shape index (κ2) is 5.58. The summed E-state index contributed by atoms with van der Waals surface area (Å²) in [5.74, 6) is -8.53. The van der Waals surface area contributed by atoms with Crippen molar-refractivity contribution in [3.63, 3.8) is 0 Å². The zero-order valence-corrected chi connectivity index (χ0v) is 10.3. The van der Waals surface area contributed by atoms with Crippen LogP contribution in [0.15, 0.2) is 12.1 Å². The van der Waals surface area contributed by atoms with Crippen LogP contribution >= 0.6 is 0 Å². The number of aliphatic carboxylic acids is 1. The SMILES string of the molecule is O=C(O)[C@H]1C(=O)NC[C@@H]1c1c(F)cc(OC(F)F)cc1F. The molecule has 1 fully saturated rings. The van der Waals surface area contributed by atoms with Gasteiger partial charge in [-0.3, -0.25) is 9.59 Å². The second-order valence-electron chi connectivity index (χ2n) is 4.35. The maximum atomic E-state index is 13.9. The molecule has 0 saturated carbocycles. The fraction of sp³-hybridized carbons (Fsp3) is 0.333. The van der Waals surface area contributed by atoms with E-state index in [1.165, 1.54) is 0 Å². The smallest absolute Gasteiger partial charge is 0.387 e. The van der Waals surface area contributed by atoms with Crippen molar-refractivity contribution in [2.24, 2.45) is 5.92 Å². The minimum absolute atomic E-state index is 0.265. The predicted molar refractivity (Wildman–Crippen MR) is 59.9 cm³/mol. The number of carboxylic acids is 1. The molecule has 1 aromatic rings. The van der Waals surface area contributed by atoms with E-state index in [4.69, 9.17) is 5.11 Å². The first kappa shape index (κ1) is 15.1. The lowest BCUT2D eigenvalue weighted by Gasteiger charge is -2.16. The molecule has 9 heteroatoms. The topological polar surface area (TPSA) is 75.6 Å². The van der Waals surface area contributed by atoms with Crippen LogP contribution in [0.5, 0.6) is 5.75 Å². The van der Waals surface area contributed by atoms with Gasteiger partial charge in [0.1, 0.15) is 23.3 Å². The molecule has 0 aromatic heterocycles. The fourth-order valence-corrected chi connectivity index (χ4v) is 2.26. The highest BCUT2D eigenvalue weighted by Gasteiger charge is 2.43. The van der Waals surface area contributed by atoms with Gasteiger partial charge in [0.2, 0.25) is 5.91 Å². The molecule has 2 rings (SSSR count). The van der Waals surface area contributed by atoms with E-state index in [1.54, 1.807) is 0 Å². The van der Waals surface area contributed by atoms with Gasteiger partial charge in [-0.2, -0.15) is 8.78 Å². The van der Waals surface area contributed by atoms with Crippen molar-refractivity contribution in [1.82, 2.24) is 5.32 Å². The molecule has 21 heavy (non-hydrogen) atoms. The zero-order chi connectivity index (χ0) is 15.7. The lowest BCUT2D eigenvalue weighted by atomic mass is 9.88. The van der Waals surface area contributed by atoms with Gasteiger partial charge in [0, 0.05) is 30.2 Å². The van der Waals surface area contributed by atoms with Crippen molar-refractivity contribution in [2.45, 2.75) is 12.5 Å². The average molecular weight is 307 g/mol. The summed E-state index contributed by atoms with van der Waals surface area (Å²) in [6, 6.07) is 1.04. The highest BCUT2D eigenvalue weighted by molar-refractivity contribution is 5.99. The average Bonchev–Trinajstić information content (AvgIpc) is 2.69. The van der Waals surface area contributed by atoms with Crippen LogP contribution in [-0.2, 0) is 9.59 Å². The molecule has 1 aliphatic heterocycles. The minimum Gasteiger partial charge on any atom is -0.481 e. The summed E-state index contributed by atoms with van der Waals surface area (Å²) in [7, 11) is 0. The molecule has 114 valence electrons. The van der Waals surface area contributed by atoms with Gasteiger partial charge in [0.25, 0.3) is 0 Å². The molecule has 1 amide bonds. The first-order chi connectivity index (χ1) is 9.81. The molecule has 1 saturated heterocycles. The van der Waals surface area contributed by atoms with Crippen LogP contribution in [0, 0.1) is 17.6 Å². The number of carbonyl (C=O) groups excluding carboxylic acids is 1. The Kier molecular flexibility index (Phi) is 4.01. The van der Waals surface area contributed by atoms with Gasteiger partial charge in [-0.25, -0.2) is 8.78 Å². The first-order valence-corrected chi connectivity index (χ1v) is 5.75. The number of amides is 1. The lowest BCUT2D eigenvalue weighted by molar-refractivity contribution is -0.145. The summed E-state index contributed by atoms with van der Waals surface area (Å²) in [5.41, 5.74) is -0.651. The van der Waals surface area contributed by atoms with Crippen molar-refractivity contribution in [2.75, 3.05) is 6.54 Å². The van der Waals surface area contributed by atoms with E-state index < -0.39 is 53.3 Å². The highest BCUT2D eigenvalue weighted by Crippen LogP contribution is 2.34. The summed E-state index contributed by atoms with van der Waals surface area (Å²) < 4.78 is 55.6. The quantitative estimate of drug-likeness (QED) is 0.652. The van der Waals surface area contributed by atoms with Crippen LogP contribution in [0.2, 0.25) is 0 Å². The number of carbonyl (C=O) groups is 2. The second-order valence-corrected chi connectivity index (χ2v) is 4.35. The monoisotopic (exact) mass is 307 g/mol. The molecule has 0 radical (unpaired) electrons. The number of halogens is 4. The molecular formula is C12H9F4NO4. The molecular weight excluding hydrogens is 298 g/mol. The summed E-state index contributed by atoms with van der Waals surface area (Å²) in [6.07, 6.45) is 0. The van der Waals surface area contributed by atoms with Crippen molar-refractivity contribution in [3.05, 3.63) is 29.3 Å². The first-order valence-electron chi connectivity index (χ1n) is 5.75. The van der Waals surface area contributed by atoms with Crippen molar-refractivity contribution in [1.29, 1.82) is 0 Å². The van der Waals surface area contributed by atoms with E-state index in [0.717, 1.165) is 0 Å². The summed E-state index contributed by atoms with van der Waals surface area (Å²) >= 11 is 0. The molecule has 5 nitrogen and oxygen atoms in total. The lowest BCUT2D eigenvalue weighted by Crippen LogP contribution is -2.27. The van der Waals surface area contributed by atoms with Crippen LogP contribution in [0.3, 0.4) is 0 Å². The van der Waals surface area contributed by atoms with Gasteiger partial charge in [-0.05, 0) is 0 Å². The van der Waals surface area contributed by atoms with Gasteiger partial charge in [-0.15, -0.1) is 0 Å². The minimum atomic E-state index is -3.25. The van der Waals surface area contributed by atoms with Crippen LogP contribution in [0.1, 0.15) is 11.5 Å². The van der Waals surface area contributed by atoms with E-state index >= 15 is 0 Å². The normalized spacial score (nSPS) is 21.5. The number of hydrogen-bond donors (Lipinski definition) is 2. The molecule has 2 atom stereocenters. The molecule has 2 N–H and O–H groups in total. The standard InChI is InChI=1S/C12H9F4NO4/c13-6-1-4(21-12(15)16)2-7(14)8(6)5-3-17-10(18)9(5)11(19)20/h1-2,5,9,12H,3H2,(H,17,18)(H,19,20)/t5-,9-/m1/s1. The summed E-state index contributed by atoms with van der Waals surface area (Å²) in [5, 5.41) is 11.1. The Morgan fingerprint density at radius 1 is 1.33 bits per heavy atom. The van der Waals surface area contributed by atoms with Crippen LogP contribution in [-0.4, -0.2) is 30.1 Å². The van der Waals surface area contributed by atoms with Crippen molar-refractivity contribution >= 4 is 11.9 Å². The molecule has 1 aliphatic rings. The van der Waals surface area contributed by atoms with E-state index in [0.29, 0.717) is 12.1 Å². The van der Waals surface area contributed by atoms with Gasteiger partial charge < -0.3 is 15.2 Å². The molecule has 0 aliphatic carbocycles. The molecule has 0 bridgehead atoms. The summed E-state index contributed by atoms with van der Waals surface area (Å²) in [6.45, 7) is -3.52. The molecule has 0 unspecified atom stereocenters. The van der Waals surface area contributed by atoms with Crippen LogP contribution in [0.25, 0.3) is 0 Å². The number of carboxylic acid groups (broad SMARTS) is 1. The Balaban J connectivity index is 2.40. The Morgan fingerprint density at radius 3 is 2.38 bits per heavy atom. The van der Waals surface area contributed by atoms with E-state index in [1.807, 2.05) is 0 Å². The fourth-order valence-electron chi connectivity index (χ4n) is 2.26. The number of alkyl halides is 2. The van der Waals surface area contributed by atoms with Crippen LogP contribution in [0.4, 0.5) is 17.6 Å². The predicted octanol–water partition coefficient (Wildman–Crippen LogP) is 1.48. The van der Waals surface area contributed by atoms with E-state index in [-0.39, 0.29) is 6.54 Å². The van der Waals surface area contributed by atoms with Gasteiger partial charge in [0.05, 0.1) is 0 Å². The van der Waals surface area contributed by atoms with E-state index in [9.17, 15) is 27.2 Å². The van der Waals surface area contributed by atoms with E-state index in [2.05, 4.69) is 10.1 Å². The Bertz CT molecular complexity index is 570. The molecule has 1 heterocycles. The Morgan fingerprint density at radius 2 is 1.90 bits per heavy atom. The number of hydrogen-bond acceptors (Lipinski definition) is 3. The third-order valence-electron chi connectivity index (χ3n) is 3.10. The van der Waals surface area contributed by atoms with Crippen molar-refractivity contribution < 1.29 is 37.0 Å². The third-order valence-corrected chi connectivity index (χ3v) is 3.10. The van der Waals surface area contributed by atoms with Gasteiger partial charge in [-0.1, -0.05) is 0 Å². The molecule has 0 spiro atoms. The third kappa shape index (κ3) is 2.91.